The molecule has 2 rings (SSSR count). The van der Waals surface area contributed by atoms with Gasteiger partial charge in [-0.05, 0) is 37.1 Å². The summed E-state index contributed by atoms with van der Waals surface area (Å²) in [6.45, 7) is 5.00. The molecule has 72 valence electrons. The minimum Gasteiger partial charge on any atom is -0.384 e. The number of ether oxygens (including phenoxy) is 2. The second-order valence-electron chi connectivity index (χ2n) is 3.60. The molecule has 0 radical (unpaired) electrons. The predicted octanol–water partition coefficient (Wildman–Crippen LogP) is 0.997. The molecule has 0 unspecified atom stereocenters. The third-order valence-electron chi connectivity index (χ3n) is 2.46. The first-order valence-corrected chi connectivity index (χ1v) is 4.48. The van der Waals surface area contributed by atoms with Crippen LogP contribution in [-0.4, -0.2) is 30.2 Å². The van der Waals surface area contributed by atoms with Crippen LogP contribution >= 0.6 is 0 Å². The minimum absolute atomic E-state index is 0.474. The Labute approximate surface area is 77.7 Å². The zero-order valence-electron chi connectivity index (χ0n) is 7.91. The van der Waals surface area contributed by atoms with E-state index >= 15 is 0 Å². The maximum Gasteiger partial charge on any atom is 0.208 e. The van der Waals surface area contributed by atoms with Crippen molar-refractivity contribution in [2.45, 2.75) is 25.7 Å². The van der Waals surface area contributed by atoms with Gasteiger partial charge in [-0.25, -0.2) is 0 Å². The first kappa shape index (κ1) is 8.94. The standard InChI is InChI=1S/C10H14O3/c1-7-5-10(12-3-4-13-10)6-8(2)9(7)11/h5-6,9,11H,3-4H2,1-2H3. The third kappa shape index (κ3) is 1.43. The molecule has 3 heteroatoms. The Morgan fingerprint density at radius 2 is 1.69 bits per heavy atom. The molecule has 0 aromatic rings. The summed E-state index contributed by atoms with van der Waals surface area (Å²) in [7, 11) is 0. The van der Waals surface area contributed by atoms with Crippen LogP contribution in [-0.2, 0) is 9.47 Å². The lowest BCUT2D eigenvalue weighted by molar-refractivity contribution is -0.0785. The van der Waals surface area contributed by atoms with E-state index in [2.05, 4.69) is 0 Å². The Balaban J connectivity index is 2.32. The van der Waals surface area contributed by atoms with Gasteiger partial charge in [0, 0.05) is 0 Å². The summed E-state index contributed by atoms with van der Waals surface area (Å²) in [5.41, 5.74) is 1.78. The van der Waals surface area contributed by atoms with Crippen LogP contribution in [0.25, 0.3) is 0 Å². The van der Waals surface area contributed by atoms with Crippen molar-refractivity contribution in [3.05, 3.63) is 23.3 Å². The lowest BCUT2D eigenvalue weighted by Crippen LogP contribution is -2.31. The lowest BCUT2D eigenvalue weighted by atomic mass is 9.94. The van der Waals surface area contributed by atoms with Gasteiger partial charge < -0.3 is 14.6 Å². The maximum atomic E-state index is 9.64. The molecule has 0 saturated carbocycles. The molecule has 0 bridgehead atoms. The van der Waals surface area contributed by atoms with Gasteiger partial charge in [-0.2, -0.15) is 0 Å². The van der Waals surface area contributed by atoms with Gasteiger partial charge in [0.05, 0.1) is 19.3 Å². The first-order valence-electron chi connectivity index (χ1n) is 4.48. The van der Waals surface area contributed by atoms with Crippen LogP contribution in [0, 0.1) is 0 Å². The average Bonchev–Trinajstić information content (AvgIpc) is 2.49. The number of hydrogen-bond acceptors (Lipinski definition) is 3. The zero-order valence-corrected chi connectivity index (χ0v) is 7.91. The highest BCUT2D eigenvalue weighted by Crippen LogP contribution is 2.32. The van der Waals surface area contributed by atoms with Gasteiger partial charge in [-0.15, -0.1) is 0 Å². The normalized spacial score (nSPS) is 27.6. The minimum atomic E-state index is -0.687. The van der Waals surface area contributed by atoms with E-state index in [1.54, 1.807) is 0 Å². The Kier molecular flexibility index (Phi) is 2.02. The van der Waals surface area contributed by atoms with E-state index in [0.717, 1.165) is 11.1 Å². The van der Waals surface area contributed by atoms with Crippen molar-refractivity contribution in [2.24, 2.45) is 0 Å². The van der Waals surface area contributed by atoms with E-state index in [1.807, 2.05) is 26.0 Å². The molecule has 2 aliphatic rings. The second kappa shape index (κ2) is 2.94. The molecule has 13 heavy (non-hydrogen) atoms. The van der Waals surface area contributed by atoms with Crippen molar-refractivity contribution in [3.8, 4) is 0 Å². The molecule has 1 saturated heterocycles. The Morgan fingerprint density at radius 3 is 2.15 bits per heavy atom. The molecule has 0 aromatic carbocycles. The fourth-order valence-electron chi connectivity index (χ4n) is 1.80. The fraction of sp³-hybridized carbons (Fsp3) is 0.600. The lowest BCUT2D eigenvalue weighted by Gasteiger charge is -2.28. The average molecular weight is 182 g/mol. The summed E-state index contributed by atoms with van der Waals surface area (Å²) in [4.78, 5) is 0. The van der Waals surface area contributed by atoms with Crippen molar-refractivity contribution in [3.63, 3.8) is 0 Å². The third-order valence-corrected chi connectivity index (χ3v) is 2.46. The van der Waals surface area contributed by atoms with Crippen molar-refractivity contribution in [2.75, 3.05) is 13.2 Å². The highest BCUT2D eigenvalue weighted by atomic mass is 16.7. The van der Waals surface area contributed by atoms with E-state index in [0.29, 0.717) is 13.2 Å². The van der Waals surface area contributed by atoms with Crippen LogP contribution in [0.3, 0.4) is 0 Å². The fourth-order valence-corrected chi connectivity index (χ4v) is 1.80. The van der Waals surface area contributed by atoms with Gasteiger partial charge in [0.2, 0.25) is 5.79 Å². The zero-order chi connectivity index (χ0) is 9.47. The van der Waals surface area contributed by atoms with Crippen molar-refractivity contribution >= 4 is 0 Å². The van der Waals surface area contributed by atoms with Gasteiger partial charge in [-0.3, -0.25) is 0 Å². The van der Waals surface area contributed by atoms with Gasteiger partial charge in [0.1, 0.15) is 0 Å². The van der Waals surface area contributed by atoms with Crippen molar-refractivity contribution in [1.82, 2.24) is 0 Å². The van der Waals surface area contributed by atoms with Gasteiger partial charge in [0.15, 0.2) is 0 Å². The van der Waals surface area contributed by atoms with Crippen LogP contribution in [0.4, 0.5) is 0 Å². The highest BCUT2D eigenvalue weighted by molar-refractivity contribution is 5.33. The number of aliphatic hydroxyl groups excluding tert-OH is 1. The molecule has 1 N–H and O–H groups in total. The monoisotopic (exact) mass is 182 g/mol. The quantitative estimate of drug-likeness (QED) is 0.568. The molecule has 1 fully saturated rings. The van der Waals surface area contributed by atoms with E-state index in [-0.39, 0.29) is 0 Å². The van der Waals surface area contributed by atoms with Crippen LogP contribution in [0.5, 0.6) is 0 Å². The molecular weight excluding hydrogens is 168 g/mol. The summed E-state index contributed by atoms with van der Waals surface area (Å²) in [5.74, 6) is -0.687. The summed E-state index contributed by atoms with van der Waals surface area (Å²) < 4.78 is 11.0. The van der Waals surface area contributed by atoms with Gasteiger partial charge in [-0.1, -0.05) is 0 Å². The summed E-state index contributed by atoms with van der Waals surface area (Å²) in [6.07, 6.45) is 3.22. The maximum absolute atomic E-state index is 9.64. The topological polar surface area (TPSA) is 38.7 Å². The molecular formula is C10H14O3. The molecule has 0 amide bonds. The summed E-state index contributed by atoms with van der Waals surface area (Å²) in [6, 6.07) is 0. The van der Waals surface area contributed by atoms with Crippen LogP contribution in [0.1, 0.15) is 13.8 Å². The van der Waals surface area contributed by atoms with Gasteiger partial charge in [0.25, 0.3) is 0 Å². The van der Waals surface area contributed by atoms with Crippen LogP contribution in [0.15, 0.2) is 23.3 Å². The smallest absolute Gasteiger partial charge is 0.208 e. The molecule has 1 spiro atoms. The number of hydrogen-bond donors (Lipinski definition) is 1. The molecule has 0 aromatic heterocycles. The Morgan fingerprint density at radius 1 is 1.23 bits per heavy atom. The van der Waals surface area contributed by atoms with E-state index in [9.17, 15) is 5.11 Å². The largest absolute Gasteiger partial charge is 0.384 e. The van der Waals surface area contributed by atoms with E-state index in [4.69, 9.17) is 9.47 Å². The summed E-state index contributed by atoms with van der Waals surface area (Å²) >= 11 is 0. The first-order chi connectivity index (χ1) is 6.13. The van der Waals surface area contributed by atoms with Crippen LogP contribution < -0.4 is 0 Å². The number of rotatable bonds is 0. The molecule has 3 nitrogen and oxygen atoms in total. The highest BCUT2D eigenvalue weighted by Gasteiger charge is 2.36. The molecule has 0 atom stereocenters. The SMILES string of the molecule is CC1=CC2(C=C(C)C1O)OCCO2. The summed E-state index contributed by atoms with van der Waals surface area (Å²) in [5, 5.41) is 9.64. The van der Waals surface area contributed by atoms with Crippen molar-refractivity contribution < 1.29 is 14.6 Å². The van der Waals surface area contributed by atoms with Gasteiger partial charge >= 0.3 is 0 Å². The Bertz CT molecular complexity index is 250. The second-order valence-corrected chi connectivity index (χ2v) is 3.60. The van der Waals surface area contributed by atoms with Crippen molar-refractivity contribution in [1.29, 1.82) is 0 Å². The predicted molar refractivity (Wildman–Crippen MR) is 48.2 cm³/mol. The Hall–Kier alpha value is -0.640. The van der Waals surface area contributed by atoms with Crippen LogP contribution in [0.2, 0.25) is 0 Å². The number of aliphatic hydroxyl groups is 1. The molecule has 1 heterocycles. The molecule has 1 aliphatic carbocycles. The van der Waals surface area contributed by atoms with E-state index in [1.165, 1.54) is 0 Å². The molecule has 1 aliphatic heterocycles. The van der Waals surface area contributed by atoms with E-state index < -0.39 is 11.9 Å².